The van der Waals surface area contributed by atoms with Gasteiger partial charge >= 0.3 is 0 Å². The number of nitrogens with zero attached hydrogens (tertiary/aromatic N) is 3. The molecule has 3 rings (SSSR count). The molecule has 1 fully saturated rings. The van der Waals surface area contributed by atoms with Crippen LogP contribution in [0.15, 0.2) is 42.7 Å². The number of rotatable bonds is 3. The fourth-order valence-electron chi connectivity index (χ4n) is 3.04. The highest BCUT2D eigenvalue weighted by Gasteiger charge is 2.20. The second-order valence-corrected chi connectivity index (χ2v) is 6.65. The lowest BCUT2D eigenvalue weighted by Gasteiger charge is -2.22. The summed E-state index contributed by atoms with van der Waals surface area (Å²) in [6, 6.07) is 9.59. The summed E-state index contributed by atoms with van der Waals surface area (Å²) in [6.45, 7) is 6.29. The first kappa shape index (κ1) is 16.9. The van der Waals surface area contributed by atoms with E-state index >= 15 is 0 Å². The number of amides is 1. The normalized spacial score (nSPS) is 16.0. The summed E-state index contributed by atoms with van der Waals surface area (Å²) >= 11 is 6.06. The van der Waals surface area contributed by atoms with Gasteiger partial charge in [0, 0.05) is 55.7 Å². The molecule has 1 aromatic carbocycles. The fraction of sp³-hybridized carbons (Fsp3) is 0.368. The number of benzene rings is 1. The van der Waals surface area contributed by atoms with E-state index < -0.39 is 0 Å². The fourth-order valence-corrected chi connectivity index (χ4v) is 3.16. The van der Waals surface area contributed by atoms with Crippen molar-refractivity contribution in [2.45, 2.75) is 19.9 Å². The summed E-state index contributed by atoms with van der Waals surface area (Å²) in [4.78, 5) is 21.1. The van der Waals surface area contributed by atoms with Crippen LogP contribution in [-0.2, 0) is 6.54 Å². The molecule has 1 aliphatic rings. The number of hydrogen-bond acceptors (Lipinski definition) is 3. The van der Waals surface area contributed by atoms with Gasteiger partial charge in [0.15, 0.2) is 0 Å². The maximum Gasteiger partial charge on any atom is 0.253 e. The smallest absolute Gasteiger partial charge is 0.253 e. The molecule has 1 amide bonds. The molecular formula is C19H22ClN3O. The van der Waals surface area contributed by atoms with Crippen LogP contribution in [0.5, 0.6) is 0 Å². The third kappa shape index (κ3) is 4.13. The first-order valence-electron chi connectivity index (χ1n) is 8.30. The zero-order chi connectivity index (χ0) is 16.9. The van der Waals surface area contributed by atoms with E-state index in [0.29, 0.717) is 5.02 Å². The molecule has 1 aliphatic heterocycles. The molecule has 0 aliphatic carbocycles. The Kier molecular flexibility index (Phi) is 5.48. The molecule has 2 aromatic rings. The van der Waals surface area contributed by atoms with Gasteiger partial charge in [0.05, 0.1) is 0 Å². The van der Waals surface area contributed by atoms with Crippen LogP contribution in [0.3, 0.4) is 0 Å². The van der Waals surface area contributed by atoms with Gasteiger partial charge in [-0.2, -0.15) is 0 Å². The molecule has 0 spiro atoms. The predicted molar refractivity (Wildman–Crippen MR) is 96.2 cm³/mol. The van der Waals surface area contributed by atoms with Gasteiger partial charge in [-0.25, -0.2) is 0 Å². The van der Waals surface area contributed by atoms with Crippen molar-refractivity contribution in [1.29, 1.82) is 0 Å². The Morgan fingerprint density at radius 3 is 2.67 bits per heavy atom. The van der Waals surface area contributed by atoms with Crippen molar-refractivity contribution in [2.24, 2.45) is 0 Å². The highest BCUT2D eigenvalue weighted by molar-refractivity contribution is 6.31. The Hall–Kier alpha value is -1.91. The maximum atomic E-state index is 12.7. The lowest BCUT2D eigenvalue weighted by Crippen LogP contribution is -2.35. The van der Waals surface area contributed by atoms with Gasteiger partial charge in [0.1, 0.15) is 0 Å². The average molecular weight is 344 g/mol. The number of carbonyl (C=O) groups is 1. The lowest BCUT2D eigenvalue weighted by atomic mass is 10.1. The molecule has 4 nitrogen and oxygen atoms in total. The maximum absolute atomic E-state index is 12.7. The van der Waals surface area contributed by atoms with Crippen molar-refractivity contribution >= 4 is 17.5 Å². The van der Waals surface area contributed by atoms with E-state index in [0.717, 1.165) is 50.3 Å². The summed E-state index contributed by atoms with van der Waals surface area (Å²) in [5.41, 5.74) is 2.93. The standard InChI is InChI=1S/C19H22ClN3O/c1-15-13-17(3-4-18(15)20)19(24)23-10-2-9-22(11-12-23)14-16-5-7-21-8-6-16/h3-8,13H,2,9-12,14H2,1H3. The zero-order valence-electron chi connectivity index (χ0n) is 13.9. The molecule has 24 heavy (non-hydrogen) atoms. The minimum atomic E-state index is 0.0977. The lowest BCUT2D eigenvalue weighted by molar-refractivity contribution is 0.0761. The third-order valence-corrected chi connectivity index (χ3v) is 4.86. The molecule has 2 heterocycles. The number of aryl methyl sites for hydroxylation is 1. The van der Waals surface area contributed by atoms with Gasteiger partial charge in [-0.1, -0.05) is 11.6 Å². The highest BCUT2D eigenvalue weighted by atomic mass is 35.5. The van der Waals surface area contributed by atoms with Crippen molar-refractivity contribution in [1.82, 2.24) is 14.8 Å². The van der Waals surface area contributed by atoms with Crippen molar-refractivity contribution in [3.05, 3.63) is 64.4 Å². The van der Waals surface area contributed by atoms with E-state index in [1.165, 1.54) is 5.56 Å². The number of aromatic nitrogens is 1. The molecule has 0 N–H and O–H groups in total. The SMILES string of the molecule is Cc1cc(C(=O)N2CCCN(Cc3ccncc3)CC2)ccc1Cl. The first-order valence-corrected chi connectivity index (χ1v) is 8.68. The number of carbonyl (C=O) groups excluding carboxylic acids is 1. The van der Waals surface area contributed by atoms with Gasteiger partial charge in [-0.15, -0.1) is 0 Å². The molecule has 0 bridgehead atoms. The molecule has 1 aromatic heterocycles. The van der Waals surface area contributed by atoms with Gasteiger partial charge in [-0.05, 0) is 54.8 Å². The van der Waals surface area contributed by atoms with Crippen molar-refractivity contribution in [3.8, 4) is 0 Å². The molecular weight excluding hydrogens is 322 g/mol. The molecule has 0 radical (unpaired) electrons. The van der Waals surface area contributed by atoms with Crippen molar-refractivity contribution in [2.75, 3.05) is 26.2 Å². The zero-order valence-corrected chi connectivity index (χ0v) is 14.7. The van der Waals surface area contributed by atoms with Gasteiger partial charge in [-0.3, -0.25) is 14.7 Å². The molecule has 126 valence electrons. The van der Waals surface area contributed by atoms with Crippen molar-refractivity contribution < 1.29 is 4.79 Å². The Bertz CT molecular complexity index is 705. The summed E-state index contributed by atoms with van der Waals surface area (Å²) in [5, 5.41) is 0.700. The van der Waals surface area contributed by atoms with Crippen molar-refractivity contribution in [3.63, 3.8) is 0 Å². The molecule has 0 atom stereocenters. The van der Waals surface area contributed by atoms with Crippen LogP contribution in [0.1, 0.15) is 27.9 Å². The van der Waals surface area contributed by atoms with E-state index in [1.54, 1.807) is 6.07 Å². The van der Waals surface area contributed by atoms with E-state index in [4.69, 9.17) is 11.6 Å². The first-order chi connectivity index (χ1) is 11.6. The minimum Gasteiger partial charge on any atom is -0.337 e. The Labute approximate surface area is 148 Å². The Morgan fingerprint density at radius 1 is 1.12 bits per heavy atom. The highest BCUT2D eigenvalue weighted by Crippen LogP contribution is 2.18. The third-order valence-electron chi connectivity index (χ3n) is 4.44. The monoisotopic (exact) mass is 343 g/mol. The van der Waals surface area contributed by atoms with E-state index in [2.05, 4.69) is 9.88 Å². The molecule has 1 saturated heterocycles. The Balaban J connectivity index is 1.62. The number of hydrogen-bond donors (Lipinski definition) is 0. The van der Waals surface area contributed by atoms with Crippen LogP contribution in [0.2, 0.25) is 5.02 Å². The van der Waals surface area contributed by atoms with Crippen LogP contribution in [0.25, 0.3) is 0 Å². The minimum absolute atomic E-state index is 0.0977. The Morgan fingerprint density at radius 2 is 1.92 bits per heavy atom. The van der Waals surface area contributed by atoms with Crippen LogP contribution >= 0.6 is 11.6 Å². The van der Waals surface area contributed by atoms with Crippen LogP contribution in [-0.4, -0.2) is 46.9 Å². The topological polar surface area (TPSA) is 36.4 Å². The van der Waals surface area contributed by atoms with E-state index in [9.17, 15) is 4.79 Å². The van der Waals surface area contributed by atoms with Crippen LogP contribution < -0.4 is 0 Å². The van der Waals surface area contributed by atoms with E-state index in [1.807, 2.05) is 48.5 Å². The molecule has 0 unspecified atom stereocenters. The summed E-state index contributed by atoms with van der Waals surface area (Å²) in [7, 11) is 0. The predicted octanol–water partition coefficient (Wildman–Crippen LogP) is 3.39. The average Bonchev–Trinajstić information content (AvgIpc) is 2.83. The number of pyridine rings is 1. The summed E-state index contributed by atoms with van der Waals surface area (Å²) in [5.74, 6) is 0.0977. The molecule has 0 saturated carbocycles. The van der Waals surface area contributed by atoms with Crippen LogP contribution in [0.4, 0.5) is 0 Å². The summed E-state index contributed by atoms with van der Waals surface area (Å²) < 4.78 is 0. The van der Waals surface area contributed by atoms with Crippen LogP contribution in [0, 0.1) is 6.92 Å². The van der Waals surface area contributed by atoms with Gasteiger partial charge in [0.2, 0.25) is 0 Å². The molecule has 5 heteroatoms. The largest absolute Gasteiger partial charge is 0.337 e. The van der Waals surface area contributed by atoms with E-state index in [-0.39, 0.29) is 5.91 Å². The summed E-state index contributed by atoms with van der Waals surface area (Å²) in [6.07, 6.45) is 4.64. The second kappa shape index (κ2) is 7.77. The van der Waals surface area contributed by atoms with Gasteiger partial charge in [0.25, 0.3) is 5.91 Å². The second-order valence-electron chi connectivity index (χ2n) is 6.24. The number of halogens is 1. The van der Waals surface area contributed by atoms with Gasteiger partial charge < -0.3 is 4.90 Å². The quantitative estimate of drug-likeness (QED) is 0.857.